The lowest BCUT2D eigenvalue weighted by Crippen LogP contribution is -2.28. The van der Waals surface area contributed by atoms with Crippen LogP contribution in [-0.2, 0) is 4.79 Å². The van der Waals surface area contributed by atoms with E-state index in [0.717, 1.165) is 5.56 Å². The molecule has 2 aromatic carbocycles. The minimum absolute atomic E-state index is 0.235. The van der Waals surface area contributed by atoms with Gasteiger partial charge in [-0.25, -0.2) is 0 Å². The first-order valence-electron chi connectivity index (χ1n) is 6.58. The van der Waals surface area contributed by atoms with Crippen molar-refractivity contribution in [2.45, 2.75) is 6.92 Å². The summed E-state index contributed by atoms with van der Waals surface area (Å²) in [4.78, 5) is 24.5. The molecule has 1 amide bonds. The molecule has 4 nitrogen and oxygen atoms in total. The average molecular weight is 313 g/mol. The van der Waals surface area contributed by atoms with Gasteiger partial charge in [-0.1, -0.05) is 35.9 Å². The van der Waals surface area contributed by atoms with E-state index < -0.39 is 17.6 Å². The van der Waals surface area contributed by atoms with Crippen LogP contribution in [0.25, 0.3) is 0 Å². The molecule has 2 aromatic rings. The molecule has 1 atom stereocenters. The van der Waals surface area contributed by atoms with E-state index in [0.29, 0.717) is 10.7 Å². The van der Waals surface area contributed by atoms with Gasteiger partial charge in [0, 0.05) is 16.3 Å². The predicted molar refractivity (Wildman–Crippen MR) is 84.7 cm³/mol. The summed E-state index contributed by atoms with van der Waals surface area (Å²) in [6.07, 6.45) is 0. The molecule has 0 fully saturated rings. The molecule has 0 aliphatic carbocycles. The smallest absolute Gasteiger partial charge is 0.249 e. The number of halogens is 1. The molecule has 0 heterocycles. The number of nitrogens with one attached hydrogen (secondary N) is 1. The van der Waals surface area contributed by atoms with Gasteiger partial charge in [0.2, 0.25) is 5.91 Å². The molecule has 0 radical (unpaired) electrons. The summed E-state index contributed by atoms with van der Waals surface area (Å²) < 4.78 is 0. The van der Waals surface area contributed by atoms with Crippen LogP contribution in [0.4, 0.5) is 5.69 Å². The Hall–Kier alpha value is -2.64. The number of carbonyl (C=O) groups is 2. The molecular formula is C17H13ClN2O2. The topological polar surface area (TPSA) is 70.0 Å². The molecule has 1 N–H and O–H groups in total. The molecular weight excluding hydrogens is 300 g/mol. The van der Waals surface area contributed by atoms with Crippen LogP contribution in [0.5, 0.6) is 0 Å². The number of aryl methyl sites for hydroxylation is 1. The maximum absolute atomic E-state index is 12.3. The van der Waals surface area contributed by atoms with Crippen LogP contribution in [0.15, 0.2) is 48.5 Å². The summed E-state index contributed by atoms with van der Waals surface area (Å²) in [7, 11) is 0. The van der Waals surface area contributed by atoms with Crippen molar-refractivity contribution in [3.05, 3.63) is 64.7 Å². The van der Waals surface area contributed by atoms with Crippen molar-refractivity contribution in [1.29, 1.82) is 5.26 Å². The zero-order valence-corrected chi connectivity index (χ0v) is 12.6. The highest BCUT2D eigenvalue weighted by atomic mass is 35.5. The van der Waals surface area contributed by atoms with Crippen molar-refractivity contribution in [1.82, 2.24) is 0 Å². The Labute approximate surface area is 133 Å². The number of rotatable bonds is 4. The summed E-state index contributed by atoms with van der Waals surface area (Å²) in [6.45, 7) is 1.88. The fourth-order valence-corrected chi connectivity index (χ4v) is 2.17. The van der Waals surface area contributed by atoms with Crippen LogP contribution in [0.3, 0.4) is 0 Å². The third kappa shape index (κ3) is 3.72. The SMILES string of the molecule is Cc1cccc(NC(=O)[C@H](C#N)C(=O)c2cccc(Cl)c2)c1. The summed E-state index contributed by atoms with van der Waals surface area (Å²) in [5.41, 5.74) is 1.75. The minimum Gasteiger partial charge on any atom is -0.325 e. The number of anilines is 1. The van der Waals surface area contributed by atoms with Gasteiger partial charge in [-0.3, -0.25) is 9.59 Å². The first-order valence-corrected chi connectivity index (χ1v) is 6.96. The van der Waals surface area contributed by atoms with Gasteiger partial charge in [0.25, 0.3) is 0 Å². The van der Waals surface area contributed by atoms with Gasteiger partial charge in [-0.2, -0.15) is 5.26 Å². The van der Waals surface area contributed by atoms with Gasteiger partial charge in [0.05, 0.1) is 6.07 Å². The van der Waals surface area contributed by atoms with Gasteiger partial charge in [0.15, 0.2) is 11.7 Å². The Kier molecular flexibility index (Phi) is 4.92. The quantitative estimate of drug-likeness (QED) is 0.692. The number of carbonyl (C=O) groups excluding carboxylic acids is 2. The fraction of sp³-hybridized carbons (Fsp3) is 0.118. The summed E-state index contributed by atoms with van der Waals surface area (Å²) in [5, 5.41) is 12.1. The van der Waals surface area contributed by atoms with Gasteiger partial charge in [-0.15, -0.1) is 0 Å². The molecule has 110 valence electrons. The molecule has 0 aliphatic rings. The van der Waals surface area contributed by atoms with Crippen molar-refractivity contribution in [2.24, 2.45) is 5.92 Å². The maximum atomic E-state index is 12.3. The first kappa shape index (κ1) is 15.7. The Morgan fingerprint density at radius 3 is 2.55 bits per heavy atom. The number of amides is 1. The molecule has 0 saturated carbocycles. The van der Waals surface area contributed by atoms with Crippen LogP contribution < -0.4 is 5.32 Å². The standard InChI is InChI=1S/C17H13ClN2O2/c1-11-4-2-7-14(8-11)20-17(22)15(10-19)16(21)12-5-3-6-13(18)9-12/h2-9,15H,1H3,(H,20,22)/t15-/m1/s1. The van der Waals surface area contributed by atoms with Crippen molar-refractivity contribution in [3.63, 3.8) is 0 Å². The second-order valence-corrected chi connectivity index (χ2v) is 5.23. The van der Waals surface area contributed by atoms with Crippen molar-refractivity contribution < 1.29 is 9.59 Å². The van der Waals surface area contributed by atoms with Crippen LogP contribution >= 0.6 is 11.6 Å². The number of nitrogens with zero attached hydrogens (tertiary/aromatic N) is 1. The van der Waals surface area contributed by atoms with E-state index in [2.05, 4.69) is 5.32 Å². The zero-order valence-electron chi connectivity index (χ0n) is 11.8. The monoisotopic (exact) mass is 312 g/mol. The van der Waals surface area contributed by atoms with Crippen molar-refractivity contribution in [2.75, 3.05) is 5.32 Å². The first-order chi connectivity index (χ1) is 10.5. The number of nitriles is 1. The van der Waals surface area contributed by atoms with E-state index in [1.807, 2.05) is 13.0 Å². The Balaban J connectivity index is 2.19. The van der Waals surface area contributed by atoms with Crippen molar-refractivity contribution in [3.8, 4) is 6.07 Å². The highest BCUT2D eigenvalue weighted by molar-refractivity contribution is 6.31. The number of Topliss-reactive ketones (excluding diaryl/α,β-unsaturated/α-hetero) is 1. The lowest BCUT2D eigenvalue weighted by Gasteiger charge is -2.10. The second-order valence-electron chi connectivity index (χ2n) is 4.80. The average Bonchev–Trinajstić information content (AvgIpc) is 2.47. The molecule has 0 unspecified atom stereocenters. The molecule has 0 aliphatic heterocycles. The lowest BCUT2D eigenvalue weighted by atomic mass is 9.98. The normalized spacial score (nSPS) is 11.3. The third-order valence-electron chi connectivity index (χ3n) is 3.05. The van der Waals surface area contributed by atoms with Crippen LogP contribution in [0.2, 0.25) is 5.02 Å². The van der Waals surface area contributed by atoms with Crippen molar-refractivity contribution >= 4 is 29.0 Å². The highest BCUT2D eigenvalue weighted by Crippen LogP contribution is 2.17. The highest BCUT2D eigenvalue weighted by Gasteiger charge is 2.27. The summed E-state index contributed by atoms with van der Waals surface area (Å²) >= 11 is 5.83. The number of hydrogen-bond donors (Lipinski definition) is 1. The Morgan fingerprint density at radius 2 is 1.91 bits per heavy atom. The molecule has 0 aromatic heterocycles. The molecule has 2 rings (SSSR count). The zero-order chi connectivity index (χ0) is 16.1. The van der Waals surface area contributed by atoms with E-state index in [1.165, 1.54) is 12.1 Å². The third-order valence-corrected chi connectivity index (χ3v) is 3.28. The van der Waals surface area contributed by atoms with Crippen LogP contribution in [0, 0.1) is 24.2 Å². The van der Waals surface area contributed by atoms with E-state index >= 15 is 0 Å². The number of benzene rings is 2. The van der Waals surface area contributed by atoms with E-state index in [-0.39, 0.29) is 5.56 Å². The number of ketones is 1. The largest absolute Gasteiger partial charge is 0.325 e. The molecule has 0 bridgehead atoms. The Morgan fingerprint density at radius 1 is 1.18 bits per heavy atom. The van der Waals surface area contributed by atoms with E-state index in [9.17, 15) is 9.59 Å². The summed E-state index contributed by atoms with van der Waals surface area (Å²) in [5.74, 6) is -2.65. The molecule has 5 heteroatoms. The van der Waals surface area contributed by atoms with Gasteiger partial charge in [-0.05, 0) is 36.8 Å². The van der Waals surface area contributed by atoms with E-state index in [1.54, 1.807) is 36.4 Å². The summed E-state index contributed by atoms with van der Waals surface area (Å²) in [6, 6.07) is 15.1. The number of hydrogen-bond acceptors (Lipinski definition) is 3. The lowest BCUT2D eigenvalue weighted by molar-refractivity contribution is -0.117. The van der Waals surface area contributed by atoms with Gasteiger partial charge < -0.3 is 5.32 Å². The molecule has 0 saturated heterocycles. The van der Waals surface area contributed by atoms with Crippen LogP contribution in [-0.4, -0.2) is 11.7 Å². The predicted octanol–water partition coefficient (Wildman–Crippen LogP) is 3.61. The second kappa shape index (κ2) is 6.88. The van der Waals surface area contributed by atoms with E-state index in [4.69, 9.17) is 16.9 Å². The maximum Gasteiger partial charge on any atom is 0.249 e. The fourth-order valence-electron chi connectivity index (χ4n) is 1.98. The molecule has 22 heavy (non-hydrogen) atoms. The van der Waals surface area contributed by atoms with Gasteiger partial charge >= 0.3 is 0 Å². The minimum atomic E-state index is -1.42. The molecule has 0 spiro atoms. The Bertz CT molecular complexity index is 765. The van der Waals surface area contributed by atoms with Gasteiger partial charge in [0.1, 0.15) is 0 Å². The van der Waals surface area contributed by atoms with Crippen LogP contribution in [0.1, 0.15) is 15.9 Å².